The van der Waals surface area contributed by atoms with E-state index in [4.69, 9.17) is 0 Å². The number of rotatable bonds is 5. The largest absolute Gasteiger partial charge is 0.387 e. The minimum atomic E-state index is -0.392. The molecule has 1 fully saturated rings. The highest BCUT2D eigenvalue weighted by atomic mass is 32.1. The Hall–Kier alpha value is -1.27. The van der Waals surface area contributed by atoms with Crippen molar-refractivity contribution in [3.63, 3.8) is 0 Å². The maximum atomic E-state index is 10.3. The van der Waals surface area contributed by atoms with Crippen LogP contribution in [0.1, 0.15) is 17.4 Å². The average Bonchev–Trinajstić information content (AvgIpc) is 3.03. The number of aliphatic hydroxyl groups is 1. The zero-order valence-electron chi connectivity index (χ0n) is 12.1. The Morgan fingerprint density at radius 1 is 1.10 bits per heavy atom. The number of benzene rings is 1. The number of piperazine rings is 1. The fourth-order valence-corrected chi connectivity index (χ4v) is 3.25. The molecule has 3 rings (SSSR count). The highest BCUT2D eigenvalue weighted by Crippen LogP contribution is 2.15. The molecule has 21 heavy (non-hydrogen) atoms. The third kappa shape index (κ3) is 4.11. The van der Waals surface area contributed by atoms with Crippen molar-refractivity contribution in [1.82, 2.24) is 14.8 Å². The smallest absolute Gasteiger partial charge is 0.0916 e. The first-order valence-corrected chi connectivity index (χ1v) is 8.30. The molecule has 0 amide bonds. The first-order chi connectivity index (χ1) is 10.3. The van der Waals surface area contributed by atoms with Gasteiger partial charge in [0.05, 0.1) is 17.3 Å². The molecule has 4 nitrogen and oxygen atoms in total. The first-order valence-electron chi connectivity index (χ1n) is 7.36. The topological polar surface area (TPSA) is 39.6 Å². The molecule has 1 N–H and O–H groups in total. The number of β-amino-alcohol motifs (C(OH)–C–C–N with tert-alkyl or cyclic N) is 1. The summed E-state index contributed by atoms with van der Waals surface area (Å²) in [5.41, 5.74) is 4.06. The van der Waals surface area contributed by atoms with Gasteiger partial charge in [0.25, 0.3) is 0 Å². The fourth-order valence-electron chi connectivity index (χ4n) is 2.70. The van der Waals surface area contributed by atoms with E-state index in [0.717, 1.165) is 44.0 Å². The Labute approximate surface area is 129 Å². The minimum absolute atomic E-state index is 0.392. The second-order valence-electron chi connectivity index (χ2n) is 5.48. The molecule has 1 saturated heterocycles. The van der Waals surface area contributed by atoms with Crippen LogP contribution in [0.5, 0.6) is 0 Å². The van der Waals surface area contributed by atoms with Crippen molar-refractivity contribution < 1.29 is 5.11 Å². The minimum Gasteiger partial charge on any atom is -0.387 e. The summed E-state index contributed by atoms with van der Waals surface area (Å²) in [5.74, 6) is 0. The van der Waals surface area contributed by atoms with E-state index in [9.17, 15) is 5.11 Å². The monoisotopic (exact) mass is 303 g/mol. The molecule has 1 aliphatic heterocycles. The Bertz CT molecular complexity index is 524. The number of hydrogen-bond donors (Lipinski definition) is 1. The second-order valence-corrected chi connectivity index (χ2v) is 6.20. The van der Waals surface area contributed by atoms with Gasteiger partial charge in [-0.3, -0.25) is 9.80 Å². The lowest BCUT2D eigenvalue weighted by atomic mass is 10.1. The van der Waals surface area contributed by atoms with E-state index in [2.05, 4.69) is 20.2 Å². The van der Waals surface area contributed by atoms with Crippen LogP contribution in [-0.2, 0) is 6.54 Å². The van der Waals surface area contributed by atoms with E-state index >= 15 is 0 Å². The summed E-state index contributed by atoms with van der Waals surface area (Å²) in [5, 5.41) is 12.4. The molecule has 2 aromatic rings. The molecule has 1 atom stereocenters. The zero-order chi connectivity index (χ0) is 14.5. The van der Waals surface area contributed by atoms with Crippen molar-refractivity contribution in [2.75, 3.05) is 32.7 Å². The van der Waals surface area contributed by atoms with E-state index in [1.165, 1.54) is 0 Å². The molecule has 1 unspecified atom stereocenters. The third-order valence-electron chi connectivity index (χ3n) is 3.95. The van der Waals surface area contributed by atoms with E-state index in [1.807, 2.05) is 35.8 Å². The standard InChI is InChI=1S/C16H21N3OS/c20-16(14-4-2-1-3-5-14)11-19-8-6-18(7-9-19)10-15-12-21-13-17-15/h1-5,12-13,16,20H,6-11H2. The molecule has 1 aromatic carbocycles. The van der Waals surface area contributed by atoms with Crippen molar-refractivity contribution in [2.45, 2.75) is 12.6 Å². The number of thiazole rings is 1. The van der Waals surface area contributed by atoms with Gasteiger partial charge in [0.2, 0.25) is 0 Å². The van der Waals surface area contributed by atoms with Crippen molar-refractivity contribution in [1.29, 1.82) is 0 Å². The summed E-state index contributed by atoms with van der Waals surface area (Å²) in [6.45, 7) is 5.76. The Morgan fingerprint density at radius 2 is 1.81 bits per heavy atom. The quantitative estimate of drug-likeness (QED) is 0.917. The number of hydrogen-bond acceptors (Lipinski definition) is 5. The van der Waals surface area contributed by atoms with Gasteiger partial charge in [-0.15, -0.1) is 11.3 Å². The van der Waals surface area contributed by atoms with Crippen LogP contribution in [0.4, 0.5) is 0 Å². The average molecular weight is 303 g/mol. The fraction of sp³-hybridized carbons (Fsp3) is 0.438. The van der Waals surface area contributed by atoms with Crippen LogP contribution >= 0.6 is 11.3 Å². The van der Waals surface area contributed by atoms with Gasteiger partial charge in [-0.2, -0.15) is 0 Å². The molecule has 0 spiro atoms. The van der Waals surface area contributed by atoms with Crippen molar-refractivity contribution in [2.24, 2.45) is 0 Å². The second kappa shape index (κ2) is 7.13. The summed E-state index contributed by atoms with van der Waals surface area (Å²) >= 11 is 1.65. The summed E-state index contributed by atoms with van der Waals surface area (Å²) < 4.78 is 0. The Kier molecular flexibility index (Phi) is 4.98. The van der Waals surface area contributed by atoms with Crippen LogP contribution in [0, 0.1) is 0 Å². The predicted molar refractivity (Wildman–Crippen MR) is 85.2 cm³/mol. The Balaban J connectivity index is 1.45. The molecule has 2 heterocycles. The highest BCUT2D eigenvalue weighted by Gasteiger charge is 2.20. The summed E-state index contributed by atoms with van der Waals surface area (Å²) in [4.78, 5) is 9.11. The molecule has 5 heteroatoms. The summed E-state index contributed by atoms with van der Waals surface area (Å²) in [7, 11) is 0. The van der Waals surface area contributed by atoms with Crippen LogP contribution in [0.3, 0.4) is 0 Å². The van der Waals surface area contributed by atoms with E-state index in [0.29, 0.717) is 6.54 Å². The Morgan fingerprint density at radius 3 is 2.48 bits per heavy atom. The molecule has 0 saturated carbocycles. The number of aliphatic hydroxyl groups excluding tert-OH is 1. The molecule has 1 aromatic heterocycles. The SMILES string of the molecule is OC(CN1CCN(Cc2cscn2)CC1)c1ccccc1. The highest BCUT2D eigenvalue weighted by molar-refractivity contribution is 7.07. The molecular weight excluding hydrogens is 282 g/mol. The van der Waals surface area contributed by atoms with Crippen LogP contribution in [0.15, 0.2) is 41.2 Å². The van der Waals surface area contributed by atoms with E-state index in [-0.39, 0.29) is 0 Å². The molecule has 0 bridgehead atoms. The van der Waals surface area contributed by atoms with Crippen molar-refractivity contribution >= 4 is 11.3 Å². The van der Waals surface area contributed by atoms with E-state index in [1.54, 1.807) is 11.3 Å². The maximum Gasteiger partial charge on any atom is 0.0916 e. The lowest BCUT2D eigenvalue weighted by molar-refractivity contribution is 0.0697. The predicted octanol–water partition coefficient (Wildman–Crippen LogP) is 1.99. The zero-order valence-corrected chi connectivity index (χ0v) is 12.9. The molecule has 112 valence electrons. The summed E-state index contributed by atoms with van der Waals surface area (Å²) in [6.07, 6.45) is -0.392. The van der Waals surface area contributed by atoms with Crippen LogP contribution in [-0.4, -0.2) is 52.6 Å². The van der Waals surface area contributed by atoms with Crippen LogP contribution < -0.4 is 0 Å². The summed E-state index contributed by atoms with van der Waals surface area (Å²) in [6, 6.07) is 9.91. The van der Waals surface area contributed by atoms with Crippen molar-refractivity contribution in [3.05, 3.63) is 52.5 Å². The van der Waals surface area contributed by atoms with Crippen LogP contribution in [0.25, 0.3) is 0 Å². The van der Waals surface area contributed by atoms with Gasteiger partial charge in [-0.25, -0.2) is 4.98 Å². The number of nitrogens with zero attached hydrogens (tertiary/aromatic N) is 3. The lowest BCUT2D eigenvalue weighted by Gasteiger charge is -2.35. The van der Waals surface area contributed by atoms with Gasteiger partial charge in [0.1, 0.15) is 0 Å². The van der Waals surface area contributed by atoms with Crippen LogP contribution in [0.2, 0.25) is 0 Å². The van der Waals surface area contributed by atoms with E-state index < -0.39 is 6.10 Å². The van der Waals surface area contributed by atoms with Gasteiger partial charge in [0.15, 0.2) is 0 Å². The normalized spacial score (nSPS) is 18.7. The maximum absolute atomic E-state index is 10.3. The molecule has 0 radical (unpaired) electrons. The van der Waals surface area contributed by atoms with Gasteiger partial charge in [0, 0.05) is 44.6 Å². The molecule has 0 aliphatic carbocycles. The third-order valence-corrected chi connectivity index (χ3v) is 4.58. The van der Waals surface area contributed by atoms with Gasteiger partial charge >= 0.3 is 0 Å². The van der Waals surface area contributed by atoms with Gasteiger partial charge in [-0.05, 0) is 5.56 Å². The molecular formula is C16H21N3OS. The first kappa shape index (κ1) is 14.7. The van der Waals surface area contributed by atoms with Gasteiger partial charge in [-0.1, -0.05) is 30.3 Å². The van der Waals surface area contributed by atoms with Crippen molar-refractivity contribution in [3.8, 4) is 0 Å². The number of aromatic nitrogens is 1. The molecule has 1 aliphatic rings. The lowest BCUT2D eigenvalue weighted by Crippen LogP contribution is -2.47. The van der Waals surface area contributed by atoms with Gasteiger partial charge < -0.3 is 5.11 Å².